The minimum Gasteiger partial charge on any atom is -0.508 e. The molecule has 1 aromatic carbocycles. The summed E-state index contributed by atoms with van der Waals surface area (Å²) < 4.78 is 1.74. The quantitative estimate of drug-likeness (QED) is 0.691. The van der Waals surface area contributed by atoms with Gasteiger partial charge in [-0.15, -0.1) is 0 Å². The van der Waals surface area contributed by atoms with Crippen molar-refractivity contribution >= 4 is 16.8 Å². The van der Waals surface area contributed by atoms with Gasteiger partial charge < -0.3 is 15.4 Å². The molecule has 1 aliphatic carbocycles. The van der Waals surface area contributed by atoms with Crippen LogP contribution in [0.3, 0.4) is 0 Å². The van der Waals surface area contributed by atoms with Gasteiger partial charge in [0.15, 0.2) is 0 Å². The monoisotopic (exact) mass is 296 g/mol. The fourth-order valence-electron chi connectivity index (χ4n) is 2.80. The number of H-pyrrole nitrogens is 1. The van der Waals surface area contributed by atoms with Crippen molar-refractivity contribution in [2.24, 2.45) is 7.05 Å². The summed E-state index contributed by atoms with van der Waals surface area (Å²) in [5.74, 6) is 0.0346. The van der Waals surface area contributed by atoms with Gasteiger partial charge in [0.25, 0.3) is 5.91 Å². The van der Waals surface area contributed by atoms with E-state index in [2.05, 4.69) is 15.4 Å². The summed E-state index contributed by atoms with van der Waals surface area (Å²) in [6.45, 7) is 0. The Kier molecular flexibility index (Phi) is 2.57. The van der Waals surface area contributed by atoms with Gasteiger partial charge in [-0.3, -0.25) is 9.48 Å². The van der Waals surface area contributed by atoms with Gasteiger partial charge in [0.2, 0.25) is 0 Å². The molecule has 0 radical (unpaired) electrons. The number of aromatic amines is 1. The molecule has 6 nitrogen and oxygen atoms in total. The molecule has 0 bridgehead atoms. The molecule has 22 heavy (non-hydrogen) atoms. The number of nitrogens with zero attached hydrogens (tertiary/aromatic N) is 2. The molecule has 1 amide bonds. The highest BCUT2D eigenvalue weighted by Crippen LogP contribution is 2.45. The Morgan fingerprint density at radius 1 is 1.41 bits per heavy atom. The van der Waals surface area contributed by atoms with E-state index in [4.69, 9.17) is 0 Å². The SMILES string of the molecule is Cn1cc(C2(NC(=O)c3cc4ccc(O)cc4[nH]3)CC2)cn1. The molecule has 0 aliphatic heterocycles. The normalized spacial score (nSPS) is 15.9. The Hall–Kier alpha value is -2.76. The van der Waals surface area contributed by atoms with Crippen molar-refractivity contribution in [1.82, 2.24) is 20.1 Å². The Labute approximate surface area is 126 Å². The predicted octanol–water partition coefficient (Wildman–Crippen LogP) is 2.03. The van der Waals surface area contributed by atoms with Crippen molar-refractivity contribution in [1.29, 1.82) is 0 Å². The van der Waals surface area contributed by atoms with Crippen molar-refractivity contribution in [3.63, 3.8) is 0 Å². The molecule has 6 heteroatoms. The molecule has 0 atom stereocenters. The number of nitrogens with one attached hydrogen (secondary N) is 2. The first-order chi connectivity index (χ1) is 10.6. The number of aromatic nitrogens is 3. The number of aromatic hydroxyl groups is 1. The molecule has 1 saturated carbocycles. The van der Waals surface area contributed by atoms with Crippen LogP contribution in [-0.4, -0.2) is 25.8 Å². The minimum atomic E-state index is -0.287. The second-order valence-corrected chi connectivity index (χ2v) is 5.89. The van der Waals surface area contributed by atoms with Crippen LogP contribution in [0, 0.1) is 0 Å². The number of amides is 1. The fourth-order valence-corrected chi connectivity index (χ4v) is 2.80. The van der Waals surface area contributed by atoms with Crippen molar-refractivity contribution in [3.8, 4) is 5.75 Å². The van der Waals surface area contributed by atoms with Crippen LogP contribution in [0.5, 0.6) is 5.75 Å². The van der Waals surface area contributed by atoms with Crippen LogP contribution >= 0.6 is 0 Å². The molecule has 3 aromatic rings. The van der Waals surface area contributed by atoms with Crippen LogP contribution in [0.1, 0.15) is 28.9 Å². The van der Waals surface area contributed by atoms with E-state index in [1.165, 1.54) is 0 Å². The second-order valence-electron chi connectivity index (χ2n) is 5.89. The maximum Gasteiger partial charge on any atom is 0.268 e. The fraction of sp³-hybridized carbons (Fsp3) is 0.250. The third-order valence-electron chi connectivity index (χ3n) is 4.21. The number of aryl methyl sites for hydroxylation is 1. The van der Waals surface area contributed by atoms with Crippen LogP contribution in [0.4, 0.5) is 0 Å². The molecular weight excluding hydrogens is 280 g/mol. The lowest BCUT2D eigenvalue weighted by Gasteiger charge is -2.15. The number of benzene rings is 1. The molecule has 1 aliphatic rings. The lowest BCUT2D eigenvalue weighted by Crippen LogP contribution is -2.34. The van der Waals surface area contributed by atoms with Crippen LogP contribution in [-0.2, 0) is 12.6 Å². The zero-order valence-corrected chi connectivity index (χ0v) is 12.1. The summed E-state index contributed by atoms with van der Waals surface area (Å²) in [5.41, 5.74) is 1.99. The third kappa shape index (κ3) is 2.04. The van der Waals surface area contributed by atoms with Gasteiger partial charge in [-0.25, -0.2) is 0 Å². The standard InChI is InChI=1S/C16H16N4O2/c1-20-9-11(8-17-20)16(4-5-16)19-15(22)14-6-10-2-3-12(21)7-13(10)18-14/h2-3,6-9,18,21H,4-5H2,1H3,(H,19,22). The van der Waals surface area contributed by atoms with Crippen LogP contribution in [0.15, 0.2) is 36.7 Å². The molecule has 0 unspecified atom stereocenters. The van der Waals surface area contributed by atoms with Crippen LogP contribution < -0.4 is 5.32 Å². The Morgan fingerprint density at radius 3 is 2.91 bits per heavy atom. The molecule has 0 saturated heterocycles. The van der Waals surface area contributed by atoms with Gasteiger partial charge in [-0.05, 0) is 31.0 Å². The molecule has 112 valence electrons. The van der Waals surface area contributed by atoms with Gasteiger partial charge >= 0.3 is 0 Å². The van der Waals surface area contributed by atoms with E-state index in [9.17, 15) is 9.90 Å². The highest BCUT2D eigenvalue weighted by atomic mass is 16.3. The van der Waals surface area contributed by atoms with E-state index in [0.29, 0.717) is 5.69 Å². The number of hydrogen-bond acceptors (Lipinski definition) is 3. The van der Waals surface area contributed by atoms with E-state index < -0.39 is 0 Å². The summed E-state index contributed by atoms with van der Waals surface area (Å²) in [6, 6.07) is 6.80. The van der Waals surface area contributed by atoms with E-state index in [1.54, 1.807) is 35.1 Å². The van der Waals surface area contributed by atoms with Gasteiger partial charge in [0.05, 0.1) is 11.7 Å². The first kappa shape index (κ1) is 12.9. The first-order valence-electron chi connectivity index (χ1n) is 7.19. The maximum atomic E-state index is 12.5. The smallest absolute Gasteiger partial charge is 0.268 e. The number of carbonyl (C=O) groups excluding carboxylic acids is 1. The highest BCUT2D eigenvalue weighted by Gasteiger charge is 2.46. The second kappa shape index (κ2) is 4.37. The molecule has 2 heterocycles. The molecule has 4 rings (SSSR count). The molecule has 2 aromatic heterocycles. The number of rotatable bonds is 3. The Balaban J connectivity index is 1.61. The molecular formula is C16H16N4O2. The van der Waals surface area contributed by atoms with Crippen molar-refractivity contribution in [3.05, 3.63) is 47.9 Å². The summed E-state index contributed by atoms with van der Waals surface area (Å²) in [4.78, 5) is 15.6. The van der Waals surface area contributed by atoms with Crippen molar-refractivity contribution in [2.45, 2.75) is 18.4 Å². The average Bonchev–Trinajstić information content (AvgIpc) is 2.94. The lowest BCUT2D eigenvalue weighted by molar-refractivity contribution is 0.0926. The summed E-state index contributed by atoms with van der Waals surface area (Å²) in [6.07, 6.45) is 5.59. The largest absolute Gasteiger partial charge is 0.508 e. The summed E-state index contributed by atoms with van der Waals surface area (Å²) in [7, 11) is 1.87. The van der Waals surface area contributed by atoms with E-state index in [1.807, 2.05) is 13.2 Å². The van der Waals surface area contributed by atoms with E-state index in [0.717, 1.165) is 29.3 Å². The minimum absolute atomic E-state index is 0.142. The number of hydrogen-bond donors (Lipinski definition) is 3. The number of phenols is 1. The highest BCUT2D eigenvalue weighted by molar-refractivity contribution is 5.98. The number of carbonyl (C=O) groups is 1. The zero-order chi connectivity index (χ0) is 15.3. The van der Waals surface area contributed by atoms with Gasteiger partial charge in [-0.2, -0.15) is 5.10 Å². The van der Waals surface area contributed by atoms with E-state index in [-0.39, 0.29) is 17.2 Å². The van der Waals surface area contributed by atoms with Gasteiger partial charge in [-0.1, -0.05) is 0 Å². The van der Waals surface area contributed by atoms with Crippen LogP contribution in [0.2, 0.25) is 0 Å². The summed E-state index contributed by atoms with van der Waals surface area (Å²) in [5, 5.41) is 17.7. The first-order valence-corrected chi connectivity index (χ1v) is 7.19. The number of phenolic OH excluding ortho intramolecular Hbond substituents is 1. The van der Waals surface area contributed by atoms with Gasteiger partial charge in [0.1, 0.15) is 11.4 Å². The molecule has 3 N–H and O–H groups in total. The average molecular weight is 296 g/mol. The lowest BCUT2D eigenvalue weighted by atomic mass is 10.1. The number of fused-ring (bicyclic) bond motifs is 1. The molecule has 1 fully saturated rings. The molecule has 0 spiro atoms. The van der Waals surface area contributed by atoms with Gasteiger partial charge in [0, 0.05) is 35.8 Å². The van der Waals surface area contributed by atoms with Crippen molar-refractivity contribution < 1.29 is 9.90 Å². The van der Waals surface area contributed by atoms with Crippen LogP contribution in [0.25, 0.3) is 10.9 Å². The predicted molar refractivity (Wildman–Crippen MR) is 81.5 cm³/mol. The Morgan fingerprint density at radius 2 is 2.23 bits per heavy atom. The zero-order valence-electron chi connectivity index (χ0n) is 12.1. The third-order valence-corrected chi connectivity index (χ3v) is 4.21. The maximum absolute atomic E-state index is 12.5. The van der Waals surface area contributed by atoms with Crippen molar-refractivity contribution in [2.75, 3.05) is 0 Å². The summed E-state index contributed by atoms with van der Waals surface area (Å²) >= 11 is 0. The topological polar surface area (TPSA) is 82.9 Å². The Bertz CT molecular complexity index is 873. The van der Waals surface area contributed by atoms with E-state index >= 15 is 0 Å².